The first-order valence-electron chi connectivity index (χ1n) is 5.82. The zero-order chi connectivity index (χ0) is 14.5. The molecule has 2 aromatic rings. The van der Waals surface area contributed by atoms with Crippen LogP contribution in [0.1, 0.15) is 26.7 Å². The van der Waals surface area contributed by atoms with Crippen LogP contribution in [0.25, 0.3) is 0 Å². The number of carbonyl (C=O) groups is 2. The second-order valence-electron chi connectivity index (χ2n) is 3.96. The summed E-state index contributed by atoms with van der Waals surface area (Å²) in [5.41, 5.74) is 0.470. The van der Waals surface area contributed by atoms with Crippen molar-refractivity contribution in [2.24, 2.45) is 0 Å². The predicted octanol–water partition coefficient (Wildman–Crippen LogP) is 0.582. The van der Waals surface area contributed by atoms with Crippen LogP contribution in [0, 0.1) is 0 Å². The third-order valence-corrected chi connectivity index (χ3v) is 2.64. The highest BCUT2D eigenvalue weighted by molar-refractivity contribution is 5.94. The molecule has 0 aliphatic rings. The van der Waals surface area contributed by atoms with Gasteiger partial charge in [-0.1, -0.05) is 0 Å². The number of ether oxygens (including phenoxy) is 1. The Morgan fingerprint density at radius 3 is 2.45 bits per heavy atom. The van der Waals surface area contributed by atoms with Crippen molar-refractivity contribution < 1.29 is 23.8 Å². The molecule has 0 atom stereocenters. The first-order valence-corrected chi connectivity index (χ1v) is 5.82. The lowest BCUT2D eigenvalue weighted by Gasteiger charge is -2.04. The van der Waals surface area contributed by atoms with Crippen LogP contribution < -0.4 is 15.2 Å². The van der Waals surface area contributed by atoms with Crippen molar-refractivity contribution in [2.45, 2.75) is 6.54 Å². The molecule has 1 aromatic carbocycles. The molecule has 0 saturated carbocycles. The Balaban J connectivity index is 1.95. The summed E-state index contributed by atoms with van der Waals surface area (Å²) >= 11 is 0. The minimum Gasteiger partial charge on any atom is -0.542 e. The number of benzene rings is 1. The van der Waals surface area contributed by atoms with E-state index < -0.39 is 5.97 Å². The van der Waals surface area contributed by atoms with Gasteiger partial charge in [-0.3, -0.25) is 4.79 Å². The summed E-state index contributed by atoms with van der Waals surface area (Å²) in [6, 6.07) is 9.36. The van der Waals surface area contributed by atoms with Crippen molar-refractivity contribution in [1.82, 2.24) is 5.32 Å². The van der Waals surface area contributed by atoms with E-state index >= 15 is 0 Å². The number of furan rings is 1. The van der Waals surface area contributed by atoms with E-state index in [4.69, 9.17) is 9.15 Å². The summed E-state index contributed by atoms with van der Waals surface area (Å²) < 4.78 is 9.97. The Morgan fingerprint density at radius 2 is 1.90 bits per heavy atom. The van der Waals surface area contributed by atoms with E-state index in [0.29, 0.717) is 17.1 Å². The normalized spacial score (nSPS) is 10.1. The minimum absolute atomic E-state index is 0.0954. The molecule has 0 bridgehead atoms. The van der Waals surface area contributed by atoms with E-state index in [1.807, 2.05) is 0 Å². The molecule has 1 heterocycles. The number of nitrogens with one attached hydrogen (secondary N) is 1. The largest absolute Gasteiger partial charge is 0.542 e. The fraction of sp³-hybridized carbons (Fsp3) is 0.143. The number of carboxylic acid groups (broad SMARTS) is 1. The Bertz CT molecular complexity index is 615. The third-order valence-electron chi connectivity index (χ3n) is 2.64. The molecule has 6 nitrogen and oxygen atoms in total. The predicted molar refractivity (Wildman–Crippen MR) is 67.2 cm³/mol. The highest BCUT2D eigenvalue weighted by Crippen LogP contribution is 2.11. The van der Waals surface area contributed by atoms with Crippen molar-refractivity contribution in [1.29, 1.82) is 0 Å². The number of hydrogen-bond acceptors (Lipinski definition) is 5. The van der Waals surface area contributed by atoms with Gasteiger partial charge in [0.1, 0.15) is 23.2 Å². The molecule has 0 spiro atoms. The van der Waals surface area contributed by atoms with E-state index in [-0.39, 0.29) is 18.2 Å². The van der Waals surface area contributed by atoms with E-state index in [1.165, 1.54) is 12.1 Å². The van der Waals surface area contributed by atoms with Crippen LogP contribution in [0.2, 0.25) is 0 Å². The molecule has 0 fully saturated rings. The number of hydrogen-bond donors (Lipinski definition) is 1. The number of amides is 1. The summed E-state index contributed by atoms with van der Waals surface area (Å²) in [5, 5.41) is 13.1. The number of rotatable bonds is 5. The number of methoxy groups -OCH3 is 1. The maximum Gasteiger partial charge on any atom is 0.251 e. The van der Waals surface area contributed by atoms with Gasteiger partial charge >= 0.3 is 0 Å². The van der Waals surface area contributed by atoms with E-state index in [1.54, 1.807) is 31.4 Å². The zero-order valence-electron chi connectivity index (χ0n) is 10.7. The average Bonchev–Trinajstić information content (AvgIpc) is 2.94. The number of carboxylic acids is 1. The number of aromatic carboxylic acids is 1. The summed E-state index contributed by atoms with van der Waals surface area (Å²) in [6.07, 6.45) is 0. The zero-order valence-corrected chi connectivity index (χ0v) is 10.7. The van der Waals surface area contributed by atoms with Gasteiger partial charge in [-0.2, -0.15) is 0 Å². The van der Waals surface area contributed by atoms with Crippen LogP contribution in [0.4, 0.5) is 0 Å². The smallest absolute Gasteiger partial charge is 0.251 e. The van der Waals surface area contributed by atoms with Gasteiger partial charge in [0, 0.05) is 5.56 Å². The van der Waals surface area contributed by atoms with Crippen molar-refractivity contribution >= 4 is 11.9 Å². The van der Waals surface area contributed by atoms with Crippen molar-refractivity contribution in [3.63, 3.8) is 0 Å². The Morgan fingerprint density at radius 1 is 1.20 bits per heavy atom. The van der Waals surface area contributed by atoms with Crippen LogP contribution in [0.3, 0.4) is 0 Å². The molecule has 1 N–H and O–H groups in total. The molecule has 1 amide bonds. The molecule has 20 heavy (non-hydrogen) atoms. The Kier molecular flexibility index (Phi) is 4.05. The highest BCUT2D eigenvalue weighted by Gasteiger charge is 2.07. The van der Waals surface area contributed by atoms with Crippen molar-refractivity contribution in [3.05, 3.63) is 53.5 Å². The molecule has 104 valence electrons. The molecule has 0 aliphatic heterocycles. The highest BCUT2D eigenvalue weighted by atomic mass is 16.5. The summed E-state index contributed by atoms with van der Waals surface area (Å²) in [5.74, 6) is -0.951. The summed E-state index contributed by atoms with van der Waals surface area (Å²) in [6.45, 7) is 0.0954. The van der Waals surface area contributed by atoms with Crippen molar-refractivity contribution in [3.8, 4) is 5.75 Å². The topological polar surface area (TPSA) is 91.6 Å². The quantitative estimate of drug-likeness (QED) is 0.861. The standard InChI is InChI=1S/C14H13NO5/c1-19-10-4-2-9(3-5-10)13(16)15-8-11-6-7-12(20-11)14(17)18/h2-7H,8H2,1H3,(H,15,16)(H,17,18)/p-1. The van der Waals surface area contributed by atoms with Gasteiger partial charge in [0.2, 0.25) is 0 Å². The Labute approximate surface area is 115 Å². The van der Waals surface area contributed by atoms with Gasteiger partial charge in [-0.15, -0.1) is 0 Å². The SMILES string of the molecule is COc1ccc(C(=O)NCc2ccc(C(=O)[O-])o2)cc1. The lowest BCUT2D eigenvalue weighted by molar-refractivity contribution is -0.257. The molecule has 0 radical (unpaired) electrons. The third kappa shape index (κ3) is 3.17. The van der Waals surface area contributed by atoms with Crippen LogP contribution in [-0.2, 0) is 6.54 Å². The lowest BCUT2D eigenvalue weighted by Crippen LogP contribution is -2.23. The first kappa shape index (κ1) is 13.7. The fourth-order valence-corrected chi connectivity index (χ4v) is 1.59. The summed E-state index contributed by atoms with van der Waals surface area (Å²) in [7, 11) is 1.54. The van der Waals surface area contributed by atoms with Gasteiger partial charge in [0.05, 0.1) is 13.7 Å². The van der Waals surface area contributed by atoms with Crippen molar-refractivity contribution in [2.75, 3.05) is 7.11 Å². The number of carbonyl (C=O) groups excluding carboxylic acids is 2. The van der Waals surface area contributed by atoms with Gasteiger partial charge in [0.15, 0.2) is 0 Å². The van der Waals surface area contributed by atoms with Crippen LogP contribution in [0.5, 0.6) is 5.75 Å². The molecule has 0 unspecified atom stereocenters. The van der Waals surface area contributed by atoms with Crippen LogP contribution in [-0.4, -0.2) is 19.0 Å². The minimum atomic E-state index is -1.39. The second kappa shape index (κ2) is 5.92. The van der Waals surface area contributed by atoms with E-state index in [0.717, 1.165) is 0 Å². The maximum atomic E-state index is 11.8. The van der Waals surface area contributed by atoms with Crippen LogP contribution in [0.15, 0.2) is 40.8 Å². The van der Waals surface area contributed by atoms with E-state index in [2.05, 4.69) is 5.32 Å². The van der Waals surface area contributed by atoms with Gasteiger partial charge in [0.25, 0.3) is 5.91 Å². The van der Waals surface area contributed by atoms with Gasteiger partial charge in [-0.05, 0) is 36.4 Å². The first-order chi connectivity index (χ1) is 9.60. The Hall–Kier alpha value is -2.76. The molecule has 6 heteroatoms. The molecule has 1 aromatic heterocycles. The monoisotopic (exact) mass is 274 g/mol. The average molecular weight is 274 g/mol. The molecule has 2 rings (SSSR count). The lowest BCUT2D eigenvalue weighted by atomic mass is 10.2. The maximum absolute atomic E-state index is 11.8. The summed E-state index contributed by atoms with van der Waals surface area (Å²) in [4.78, 5) is 22.4. The van der Waals surface area contributed by atoms with Gasteiger partial charge < -0.3 is 24.4 Å². The molecule has 0 aliphatic carbocycles. The molecular formula is C14H12NO5-. The molecule has 0 saturated heterocycles. The fourth-order valence-electron chi connectivity index (χ4n) is 1.59. The molecular weight excluding hydrogens is 262 g/mol. The van der Waals surface area contributed by atoms with E-state index in [9.17, 15) is 14.7 Å². The van der Waals surface area contributed by atoms with Gasteiger partial charge in [-0.25, -0.2) is 0 Å². The van der Waals surface area contributed by atoms with Crippen LogP contribution >= 0.6 is 0 Å². The second-order valence-corrected chi connectivity index (χ2v) is 3.96.